The summed E-state index contributed by atoms with van der Waals surface area (Å²) in [6.07, 6.45) is 0. The first kappa shape index (κ1) is 25.6. The standard InChI is InChI=1S/C24H27ClN4O4S/c1-24(2,14-30)13-28(3)20(31)12-29-21-16(6-9-19(34)27-21)10-18(23(29)33)22(32)26-11-15-4-7-17(25)8-5-15/h4-10,30H,11-14H2,1-3H3,(H,26,32)(H,27,34). The van der Waals surface area contributed by atoms with Crippen molar-refractivity contribution in [3.8, 4) is 0 Å². The number of amides is 2. The van der Waals surface area contributed by atoms with Crippen molar-refractivity contribution in [2.45, 2.75) is 26.9 Å². The fourth-order valence-corrected chi connectivity index (χ4v) is 3.80. The summed E-state index contributed by atoms with van der Waals surface area (Å²) in [5.74, 6) is -0.896. The monoisotopic (exact) mass is 502 g/mol. The number of fused-ring (bicyclic) bond motifs is 1. The van der Waals surface area contributed by atoms with Gasteiger partial charge in [-0.2, -0.15) is 0 Å². The number of aliphatic hydroxyl groups is 1. The van der Waals surface area contributed by atoms with E-state index in [2.05, 4.69) is 10.3 Å². The topological polar surface area (TPSA) is 107 Å². The first-order chi connectivity index (χ1) is 16.0. The lowest BCUT2D eigenvalue weighted by Gasteiger charge is -2.28. The van der Waals surface area contributed by atoms with Crippen LogP contribution in [0.3, 0.4) is 0 Å². The van der Waals surface area contributed by atoms with Gasteiger partial charge in [0.2, 0.25) is 5.91 Å². The SMILES string of the molecule is CN(CC(C)(C)CO)C(=O)Cn1c(=O)c(C(=O)NCc2ccc(Cl)cc2)cc2ccc(=S)[nH]c21. The van der Waals surface area contributed by atoms with Crippen molar-refractivity contribution in [3.63, 3.8) is 0 Å². The quantitative estimate of drug-likeness (QED) is 0.410. The van der Waals surface area contributed by atoms with Gasteiger partial charge in [0.1, 0.15) is 22.4 Å². The molecule has 0 bridgehead atoms. The van der Waals surface area contributed by atoms with Crippen molar-refractivity contribution in [2.24, 2.45) is 5.41 Å². The molecule has 1 aromatic carbocycles. The summed E-state index contributed by atoms with van der Waals surface area (Å²) in [4.78, 5) is 43.6. The van der Waals surface area contributed by atoms with Gasteiger partial charge in [-0.05, 0) is 35.9 Å². The van der Waals surface area contributed by atoms with Gasteiger partial charge in [0, 0.05) is 42.6 Å². The Balaban J connectivity index is 1.94. The van der Waals surface area contributed by atoms with Crippen molar-refractivity contribution in [3.05, 3.63) is 73.6 Å². The number of rotatable bonds is 8. The fraction of sp³-hybridized carbons (Fsp3) is 0.333. The Labute approximate surface area is 207 Å². The minimum absolute atomic E-state index is 0.0851. The largest absolute Gasteiger partial charge is 0.396 e. The highest BCUT2D eigenvalue weighted by Crippen LogP contribution is 2.16. The van der Waals surface area contributed by atoms with E-state index in [1.807, 2.05) is 13.8 Å². The number of likely N-dealkylation sites (N-methyl/N-ethyl adjacent to an activating group) is 1. The Morgan fingerprint density at radius 2 is 1.88 bits per heavy atom. The molecule has 8 nitrogen and oxygen atoms in total. The molecule has 0 saturated heterocycles. The van der Waals surface area contributed by atoms with Crippen LogP contribution in [0.5, 0.6) is 0 Å². The van der Waals surface area contributed by atoms with Crippen LogP contribution in [0.1, 0.15) is 29.8 Å². The molecule has 3 rings (SSSR count). The van der Waals surface area contributed by atoms with Crippen LogP contribution < -0.4 is 10.9 Å². The summed E-state index contributed by atoms with van der Waals surface area (Å²) in [5, 5.41) is 13.4. The predicted molar refractivity (Wildman–Crippen MR) is 135 cm³/mol. The molecule has 2 amide bonds. The Hall–Kier alpha value is -3.01. The van der Waals surface area contributed by atoms with E-state index >= 15 is 0 Å². The highest BCUT2D eigenvalue weighted by molar-refractivity contribution is 7.71. The van der Waals surface area contributed by atoms with Gasteiger partial charge in [-0.15, -0.1) is 0 Å². The maximum atomic E-state index is 13.3. The van der Waals surface area contributed by atoms with Crippen molar-refractivity contribution in [2.75, 3.05) is 20.2 Å². The molecule has 34 heavy (non-hydrogen) atoms. The van der Waals surface area contributed by atoms with Crippen molar-refractivity contribution in [1.82, 2.24) is 19.8 Å². The smallest absolute Gasteiger partial charge is 0.265 e. The van der Waals surface area contributed by atoms with E-state index in [9.17, 15) is 19.5 Å². The van der Waals surface area contributed by atoms with E-state index in [1.54, 1.807) is 43.4 Å². The molecule has 0 saturated carbocycles. The zero-order chi connectivity index (χ0) is 25.0. The van der Waals surface area contributed by atoms with Crippen LogP contribution in [0.4, 0.5) is 0 Å². The van der Waals surface area contributed by atoms with E-state index in [0.29, 0.717) is 27.2 Å². The molecule has 0 unspecified atom stereocenters. The van der Waals surface area contributed by atoms with Crippen molar-refractivity contribution in [1.29, 1.82) is 0 Å². The molecular weight excluding hydrogens is 476 g/mol. The fourth-order valence-electron chi connectivity index (χ4n) is 3.51. The highest BCUT2D eigenvalue weighted by Gasteiger charge is 2.24. The minimum Gasteiger partial charge on any atom is -0.396 e. The van der Waals surface area contributed by atoms with Crippen LogP contribution in [0.2, 0.25) is 5.02 Å². The Morgan fingerprint density at radius 1 is 1.21 bits per heavy atom. The van der Waals surface area contributed by atoms with Gasteiger partial charge in [0.15, 0.2) is 0 Å². The summed E-state index contributed by atoms with van der Waals surface area (Å²) in [6.45, 7) is 3.79. The minimum atomic E-state index is -0.610. The number of nitrogens with zero attached hydrogens (tertiary/aromatic N) is 2. The van der Waals surface area contributed by atoms with Gasteiger partial charge < -0.3 is 20.3 Å². The average Bonchev–Trinajstić information content (AvgIpc) is 2.80. The second-order valence-electron chi connectivity index (χ2n) is 8.96. The summed E-state index contributed by atoms with van der Waals surface area (Å²) in [7, 11) is 1.61. The number of H-pyrrole nitrogens is 1. The number of aromatic nitrogens is 2. The molecule has 0 spiro atoms. The number of hydrogen-bond acceptors (Lipinski definition) is 5. The molecule has 2 heterocycles. The zero-order valence-electron chi connectivity index (χ0n) is 19.2. The molecule has 0 aliphatic carbocycles. The molecular formula is C24H27ClN4O4S. The highest BCUT2D eigenvalue weighted by atomic mass is 35.5. The van der Waals surface area contributed by atoms with Gasteiger partial charge in [0.05, 0.1) is 0 Å². The Kier molecular flexibility index (Phi) is 7.91. The molecule has 0 aliphatic rings. The predicted octanol–water partition coefficient (Wildman–Crippen LogP) is 3.12. The number of carbonyl (C=O) groups is 2. The third-order valence-electron chi connectivity index (χ3n) is 5.40. The first-order valence-electron chi connectivity index (χ1n) is 10.6. The van der Waals surface area contributed by atoms with E-state index in [-0.39, 0.29) is 31.2 Å². The average molecular weight is 503 g/mol. The molecule has 180 valence electrons. The number of nitrogens with one attached hydrogen (secondary N) is 2. The summed E-state index contributed by atoms with van der Waals surface area (Å²) in [6, 6.07) is 11.8. The normalized spacial score (nSPS) is 11.4. The maximum Gasteiger partial charge on any atom is 0.265 e. The van der Waals surface area contributed by atoms with Gasteiger partial charge in [-0.25, -0.2) is 0 Å². The summed E-state index contributed by atoms with van der Waals surface area (Å²) >= 11 is 11.1. The lowest BCUT2D eigenvalue weighted by molar-refractivity contribution is -0.132. The summed E-state index contributed by atoms with van der Waals surface area (Å²) < 4.78 is 1.62. The second kappa shape index (κ2) is 10.5. The molecule has 0 fully saturated rings. The van der Waals surface area contributed by atoms with Gasteiger partial charge in [-0.1, -0.05) is 49.8 Å². The Bertz CT molecular complexity index is 1330. The van der Waals surface area contributed by atoms with E-state index in [1.165, 1.54) is 15.5 Å². The second-order valence-corrected chi connectivity index (χ2v) is 9.83. The van der Waals surface area contributed by atoms with Gasteiger partial charge in [-0.3, -0.25) is 19.0 Å². The molecule has 0 atom stereocenters. The van der Waals surface area contributed by atoms with Crippen LogP contribution in [-0.2, 0) is 17.9 Å². The van der Waals surface area contributed by atoms with E-state index in [0.717, 1.165) is 5.56 Å². The maximum absolute atomic E-state index is 13.3. The van der Waals surface area contributed by atoms with Crippen LogP contribution in [0.25, 0.3) is 11.0 Å². The molecule has 2 aromatic heterocycles. The number of aliphatic hydroxyl groups excluding tert-OH is 1. The zero-order valence-corrected chi connectivity index (χ0v) is 20.8. The number of pyridine rings is 2. The summed E-state index contributed by atoms with van der Waals surface area (Å²) in [5.41, 5.74) is -0.0128. The number of carbonyl (C=O) groups excluding carboxylic acids is 2. The molecule has 10 heteroatoms. The third-order valence-corrected chi connectivity index (χ3v) is 5.89. The molecule has 0 radical (unpaired) electrons. The van der Waals surface area contributed by atoms with Crippen LogP contribution in [0, 0.1) is 10.1 Å². The third kappa shape index (κ3) is 6.11. The number of aromatic amines is 1. The van der Waals surface area contributed by atoms with Crippen LogP contribution >= 0.6 is 23.8 Å². The van der Waals surface area contributed by atoms with E-state index < -0.39 is 16.9 Å². The van der Waals surface area contributed by atoms with Crippen molar-refractivity contribution < 1.29 is 14.7 Å². The van der Waals surface area contributed by atoms with Crippen molar-refractivity contribution >= 4 is 46.7 Å². The van der Waals surface area contributed by atoms with Crippen LogP contribution in [-0.4, -0.2) is 51.6 Å². The Morgan fingerprint density at radius 3 is 2.53 bits per heavy atom. The number of halogens is 1. The van der Waals surface area contributed by atoms with Crippen LogP contribution in [0.15, 0.2) is 47.3 Å². The number of hydrogen-bond donors (Lipinski definition) is 3. The lowest BCUT2D eigenvalue weighted by Crippen LogP contribution is -2.41. The first-order valence-corrected chi connectivity index (χ1v) is 11.4. The van der Waals surface area contributed by atoms with Gasteiger partial charge >= 0.3 is 0 Å². The van der Waals surface area contributed by atoms with E-state index in [4.69, 9.17) is 23.8 Å². The molecule has 3 N–H and O–H groups in total. The number of benzene rings is 1. The lowest BCUT2D eigenvalue weighted by atomic mass is 9.94. The molecule has 3 aromatic rings. The molecule has 0 aliphatic heterocycles. The van der Waals surface area contributed by atoms with Gasteiger partial charge in [0.25, 0.3) is 11.5 Å².